The third kappa shape index (κ3) is 4.39. The largest absolute Gasteiger partial charge is 0.497 e. The zero-order valence-electron chi connectivity index (χ0n) is 14.9. The maximum atomic E-state index is 13.1. The Balaban J connectivity index is 2.52. The average molecular weight is 361 g/mol. The van der Waals surface area contributed by atoms with E-state index in [9.17, 15) is 13.2 Å². The van der Waals surface area contributed by atoms with Crippen LogP contribution in [0.25, 0.3) is 0 Å². The Morgan fingerprint density at radius 3 is 2.08 bits per heavy atom. The number of hydrogen-bond acceptors (Lipinski definition) is 4. The highest BCUT2D eigenvalue weighted by Crippen LogP contribution is 2.27. The number of benzene rings is 2. The number of nitrogens with zero attached hydrogens (tertiary/aromatic N) is 1. The van der Waals surface area contributed by atoms with E-state index in [1.807, 2.05) is 20.8 Å². The van der Waals surface area contributed by atoms with Crippen LogP contribution >= 0.6 is 0 Å². The lowest BCUT2D eigenvalue weighted by molar-refractivity contribution is -0.118. The van der Waals surface area contributed by atoms with Crippen LogP contribution in [0.3, 0.4) is 0 Å². The minimum atomic E-state index is -3.99. The number of hydrogen-bond donors (Lipinski definition) is 0. The summed E-state index contributed by atoms with van der Waals surface area (Å²) in [6, 6.07) is 12.9. The molecule has 0 aliphatic carbocycles. The molecule has 0 saturated heterocycles. The zero-order valence-corrected chi connectivity index (χ0v) is 15.7. The molecule has 0 aliphatic rings. The zero-order chi connectivity index (χ0) is 18.6. The normalized spacial score (nSPS) is 11.4. The Morgan fingerprint density at radius 1 is 1.04 bits per heavy atom. The SMILES string of the molecule is COc1ccc(N(C(=O)CC(C)C)S(=O)(=O)c2ccc(C)cc2)cc1. The molecule has 6 heteroatoms. The summed E-state index contributed by atoms with van der Waals surface area (Å²) in [4.78, 5) is 12.8. The van der Waals surface area contributed by atoms with Crippen molar-refractivity contribution in [2.45, 2.75) is 32.1 Å². The second-order valence-corrected chi connectivity index (χ2v) is 8.06. The van der Waals surface area contributed by atoms with Gasteiger partial charge in [0, 0.05) is 6.42 Å². The standard InChI is InChI=1S/C19H23NO4S/c1-14(2)13-19(21)20(16-7-9-17(24-4)10-8-16)25(22,23)18-11-5-15(3)6-12-18/h5-12,14H,13H2,1-4H3. The Bertz CT molecular complexity index is 825. The molecule has 0 heterocycles. The van der Waals surface area contributed by atoms with Gasteiger partial charge in [-0.15, -0.1) is 0 Å². The minimum absolute atomic E-state index is 0.0430. The molecular weight excluding hydrogens is 338 g/mol. The minimum Gasteiger partial charge on any atom is -0.497 e. The van der Waals surface area contributed by atoms with Crippen molar-refractivity contribution in [2.24, 2.45) is 5.92 Å². The molecule has 2 aromatic carbocycles. The van der Waals surface area contributed by atoms with Gasteiger partial charge in [0.05, 0.1) is 17.7 Å². The maximum Gasteiger partial charge on any atom is 0.270 e. The summed E-state index contributed by atoms with van der Waals surface area (Å²) < 4.78 is 32.2. The van der Waals surface area contributed by atoms with Crippen LogP contribution in [0.15, 0.2) is 53.4 Å². The summed E-state index contributed by atoms with van der Waals surface area (Å²) in [5, 5.41) is 0. The molecule has 0 fully saturated rings. The summed E-state index contributed by atoms with van der Waals surface area (Å²) in [6.45, 7) is 5.63. The Morgan fingerprint density at radius 2 is 1.60 bits per heavy atom. The molecule has 0 radical (unpaired) electrons. The van der Waals surface area contributed by atoms with Gasteiger partial charge in [-0.05, 0) is 49.2 Å². The lowest BCUT2D eigenvalue weighted by Crippen LogP contribution is -2.37. The van der Waals surface area contributed by atoms with Crippen molar-refractivity contribution in [3.8, 4) is 5.75 Å². The third-order valence-corrected chi connectivity index (χ3v) is 5.44. The molecule has 2 rings (SSSR count). The molecular formula is C19H23NO4S. The first-order valence-corrected chi connectivity index (χ1v) is 9.48. The number of amides is 1. The predicted octanol–water partition coefficient (Wildman–Crippen LogP) is 3.77. The second kappa shape index (κ2) is 7.70. The predicted molar refractivity (Wildman–Crippen MR) is 98.3 cm³/mol. The number of anilines is 1. The van der Waals surface area contributed by atoms with Gasteiger partial charge in [0.2, 0.25) is 5.91 Å². The summed E-state index contributed by atoms with van der Waals surface area (Å²) >= 11 is 0. The molecule has 0 aliphatic heterocycles. The van der Waals surface area contributed by atoms with E-state index >= 15 is 0 Å². The van der Waals surface area contributed by atoms with E-state index < -0.39 is 15.9 Å². The quantitative estimate of drug-likeness (QED) is 0.786. The third-order valence-electron chi connectivity index (χ3n) is 3.68. The van der Waals surface area contributed by atoms with Crippen molar-refractivity contribution in [3.05, 3.63) is 54.1 Å². The Kier molecular flexibility index (Phi) is 5.85. The van der Waals surface area contributed by atoms with E-state index in [-0.39, 0.29) is 17.2 Å². The highest BCUT2D eigenvalue weighted by molar-refractivity contribution is 7.93. The maximum absolute atomic E-state index is 13.1. The number of aryl methyl sites for hydroxylation is 1. The van der Waals surface area contributed by atoms with Crippen LogP contribution in [0.2, 0.25) is 0 Å². The lowest BCUT2D eigenvalue weighted by Gasteiger charge is -2.23. The molecule has 1 amide bonds. The van der Waals surface area contributed by atoms with Crippen molar-refractivity contribution in [3.63, 3.8) is 0 Å². The summed E-state index contributed by atoms with van der Waals surface area (Å²) in [5.41, 5.74) is 1.25. The van der Waals surface area contributed by atoms with Gasteiger partial charge in [-0.25, -0.2) is 12.7 Å². The molecule has 0 aromatic heterocycles. The van der Waals surface area contributed by atoms with Crippen molar-refractivity contribution < 1.29 is 17.9 Å². The van der Waals surface area contributed by atoms with Gasteiger partial charge in [-0.1, -0.05) is 31.5 Å². The van der Waals surface area contributed by atoms with Crippen LogP contribution in [0, 0.1) is 12.8 Å². The highest BCUT2D eigenvalue weighted by atomic mass is 32.2. The van der Waals surface area contributed by atoms with Crippen molar-refractivity contribution in [1.29, 1.82) is 0 Å². The van der Waals surface area contributed by atoms with E-state index in [0.29, 0.717) is 11.4 Å². The van der Waals surface area contributed by atoms with Crippen LogP contribution in [0.1, 0.15) is 25.8 Å². The number of sulfonamides is 1. The van der Waals surface area contributed by atoms with E-state index in [4.69, 9.17) is 4.74 Å². The first-order chi connectivity index (χ1) is 11.8. The second-order valence-electron chi connectivity index (χ2n) is 6.27. The molecule has 0 bridgehead atoms. The number of carbonyl (C=O) groups excluding carboxylic acids is 1. The molecule has 2 aromatic rings. The fourth-order valence-corrected chi connectivity index (χ4v) is 3.81. The van der Waals surface area contributed by atoms with Gasteiger partial charge in [-0.2, -0.15) is 0 Å². The van der Waals surface area contributed by atoms with Crippen molar-refractivity contribution in [1.82, 2.24) is 0 Å². The number of carbonyl (C=O) groups is 1. The first kappa shape index (κ1) is 19.0. The Hall–Kier alpha value is -2.34. The molecule has 0 saturated carbocycles. The molecule has 0 spiro atoms. The summed E-state index contributed by atoms with van der Waals surface area (Å²) in [6.07, 6.45) is 0.136. The van der Waals surface area contributed by atoms with Gasteiger partial charge in [0.15, 0.2) is 0 Å². The number of rotatable bonds is 6. The van der Waals surface area contributed by atoms with Crippen LogP contribution < -0.4 is 9.04 Å². The van der Waals surface area contributed by atoms with Gasteiger partial charge < -0.3 is 4.74 Å². The van der Waals surface area contributed by atoms with Crippen molar-refractivity contribution >= 4 is 21.6 Å². The number of ether oxygens (including phenoxy) is 1. The summed E-state index contributed by atoms with van der Waals surface area (Å²) in [5.74, 6) is 0.176. The lowest BCUT2D eigenvalue weighted by atomic mass is 10.1. The molecule has 0 unspecified atom stereocenters. The smallest absolute Gasteiger partial charge is 0.270 e. The van der Waals surface area contributed by atoms with Crippen LogP contribution in [0.4, 0.5) is 5.69 Å². The molecule has 5 nitrogen and oxygen atoms in total. The molecule has 134 valence electrons. The molecule has 0 N–H and O–H groups in total. The fourth-order valence-electron chi connectivity index (χ4n) is 2.38. The van der Waals surface area contributed by atoms with E-state index in [1.165, 1.54) is 19.2 Å². The van der Waals surface area contributed by atoms with Gasteiger partial charge in [0.25, 0.3) is 10.0 Å². The van der Waals surface area contributed by atoms with Gasteiger partial charge >= 0.3 is 0 Å². The first-order valence-electron chi connectivity index (χ1n) is 8.04. The van der Waals surface area contributed by atoms with Crippen LogP contribution in [-0.2, 0) is 14.8 Å². The monoisotopic (exact) mass is 361 g/mol. The number of methoxy groups -OCH3 is 1. The van der Waals surface area contributed by atoms with Crippen molar-refractivity contribution in [2.75, 3.05) is 11.4 Å². The van der Waals surface area contributed by atoms with Crippen LogP contribution in [0.5, 0.6) is 5.75 Å². The highest BCUT2D eigenvalue weighted by Gasteiger charge is 2.31. The van der Waals surface area contributed by atoms with E-state index in [2.05, 4.69) is 0 Å². The molecule has 0 atom stereocenters. The molecule has 25 heavy (non-hydrogen) atoms. The van der Waals surface area contributed by atoms with Gasteiger partial charge in [0.1, 0.15) is 5.75 Å². The average Bonchev–Trinajstić information content (AvgIpc) is 2.55. The van der Waals surface area contributed by atoms with E-state index in [0.717, 1.165) is 9.87 Å². The van der Waals surface area contributed by atoms with Crippen LogP contribution in [-0.4, -0.2) is 21.4 Å². The van der Waals surface area contributed by atoms with Gasteiger partial charge in [-0.3, -0.25) is 4.79 Å². The fraction of sp³-hybridized carbons (Fsp3) is 0.316. The topological polar surface area (TPSA) is 63.7 Å². The Labute approximate surface area is 149 Å². The van der Waals surface area contributed by atoms with E-state index in [1.54, 1.807) is 36.4 Å². The summed E-state index contributed by atoms with van der Waals surface area (Å²) in [7, 11) is -2.46.